The number of nitrogens with zero attached hydrogens (tertiary/aromatic N) is 1. The van der Waals surface area contributed by atoms with E-state index in [2.05, 4.69) is 34.5 Å². The molecule has 1 N–H and O–H groups in total. The molecular formula is C21H25ClN2O3. The molecule has 5 nitrogen and oxygen atoms in total. The first-order valence-electron chi connectivity index (χ1n) is 9.06. The summed E-state index contributed by atoms with van der Waals surface area (Å²) in [4.78, 5) is 14.9. The second kappa shape index (κ2) is 9.11. The number of benzene rings is 2. The van der Waals surface area contributed by atoms with Crippen LogP contribution in [0.15, 0.2) is 42.5 Å². The number of halogens is 1. The van der Waals surface area contributed by atoms with Crippen molar-refractivity contribution in [2.75, 3.05) is 32.6 Å². The van der Waals surface area contributed by atoms with Crippen molar-refractivity contribution in [2.24, 2.45) is 5.92 Å². The molecule has 0 saturated carbocycles. The lowest BCUT2D eigenvalue weighted by Gasteiger charge is -2.16. The van der Waals surface area contributed by atoms with Gasteiger partial charge in [0.05, 0.1) is 24.9 Å². The molecule has 0 unspecified atom stereocenters. The number of amides is 1. The molecule has 0 radical (unpaired) electrons. The van der Waals surface area contributed by atoms with Gasteiger partial charge in [-0.2, -0.15) is 0 Å². The zero-order valence-electron chi connectivity index (χ0n) is 15.7. The zero-order valence-corrected chi connectivity index (χ0v) is 16.5. The molecule has 0 aromatic heterocycles. The van der Waals surface area contributed by atoms with Crippen LogP contribution in [0, 0.1) is 5.92 Å². The first-order valence-corrected chi connectivity index (χ1v) is 9.44. The van der Waals surface area contributed by atoms with Crippen LogP contribution in [0.5, 0.6) is 11.5 Å². The average Bonchev–Trinajstić information content (AvgIpc) is 3.09. The van der Waals surface area contributed by atoms with Gasteiger partial charge in [-0.3, -0.25) is 9.69 Å². The van der Waals surface area contributed by atoms with E-state index in [9.17, 15) is 4.79 Å². The minimum atomic E-state index is -0.0268. The van der Waals surface area contributed by atoms with Crippen LogP contribution in [-0.4, -0.2) is 38.1 Å². The second-order valence-corrected chi connectivity index (χ2v) is 7.22. The topological polar surface area (TPSA) is 50.8 Å². The fourth-order valence-electron chi connectivity index (χ4n) is 3.49. The Balaban J connectivity index is 1.55. The van der Waals surface area contributed by atoms with Gasteiger partial charge >= 0.3 is 0 Å². The molecule has 1 saturated heterocycles. The van der Waals surface area contributed by atoms with Crippen LogP contribution < -0.4 is 14.8 Å². The number of ether oxygens (including phenoxy) is 2. The van der Waals surface area contributed by atoms with E-state index < -0.39 is 0 Å². The number of carbonyl (C=O) groups excluding carboxylic acids is 1. The van der Waals surface area contributed by atoms with Crippen LogP contribution in [0.4, 0.5) is 5.69 Å². The summed E-state index contributed by atoms with van der Waals surface area (Å²) in [5.74, 6) is 1.37. The van der Waals surface area contributed by atoms with Gasteiger partial charge in [0.25, 0.3) is 0 Å². The molecule has 1 fully saturated rings. The van der Waals surface area contributed by atoms with E-state index in [4.69, 9.17) is 21.1 Å². The average molecular weight is 389 g/mol. The highest BCUT2D eigenvalue weighted by Crippen LogP contribution is 2.36. The highest BCUT2D eigenvalue weighted by molar-refractivity contribution is 6.32. The van der Waals surface area contributed by atoms with Crippen molar-refractivity contribution in [3.8, 4) is 11.5 Å². The summed E-state index contributed by atoms with van der Waals surface area (Å²) in [6, 6.07) is 13.8. The van der Waals surface area contributed by atoms with Gasteiger partial charge in [-0.1, -0.05) is 41.9 Å². The number of hydrogen-bond acceptors (Lipinski definition) is 4. The third-order valence-corrected chi connectivity index (χ3v) is 5.14. The molecule has 1 heterocycles. The van der Waals surface area contributed by atoms with E-state index in [0.29, 0.717) is 34.5 Å². The molecular weight excluding hydrogens is 364 g/mol. The Kier molecular flexibility index (Phi) is 6.58. The third kappa shape index (κ3) is 5.15. The Morgan fingerprint density at radius 3 is 2.63 bits per heavy atom. The standard InChI is InChI=1S/C21H25ClN2O3/c1-26-19-12-20(27-2)18(11-17(19)22)23-21(25)10-16-8-9-24(14-16)13-15-6-4-3-5-7-15/h3-7,11-12,16H,8-10,13-14H2,1-2H3,(H,23,25)/t16-/m0/s1. The van der Waals surface area contributed by atoms with E-state index in [1.165, 1.54) is 5.56 Å². The molecule has 6 heteroatoms. The molecule has 0 bridgehead atoms. The molecule has 0 aliphatic carbocycles. The lowest BCUT2D eigenvalue weighted by Crippen LogP contribution is -2.22. The summed E-state index contributed by atoms with van der Waals surface area (Å²) in [6.45, 7) is 2.88. The summed E-state index contributed by atoms with van der Waals surface area (Å²) in [6.07, 6.45) is 1.51. The van der Waals surface area contributed by atoms with E-state index in [-0.39, 0.29) is 5.91 Å². The largest absolute Gasteiger partial charge is 0.495 e. The fourth-order valence-corrected chi connectivity index (χ4v) is 3.73. The highest BCUT2D eigenvalue weighted by atomic mass is 35.5. The van der Waals surface area contributed by atoms with Crippen LogP contribution in [0.25, 0.3) is 0 Å². The van der Waals surface area contributed by atoms with Crippen molar-refractivity contribution in [2.45, 2.75) is 19.4 Å². The molecule has 144 valence electrons. The number of nitrogens with one attached hydrogen (secondary N) is 1. The van der Waals surface area contributed by atoms with E-state index in [0.717, 1.165) is 26.1 Å². The predicted molar refractivity (Wildman–Crippen MR) is 108 cm³/mol. The lowest BCUT2D eigenvalue weighted by atomic mass is 10.0. The van der Waals surface area contributed by atoms with Crippen molar-refractivity contribution >= 4 is 23.2 Å². The molecule has 2 aromatic rings. The highest BCUT2D eigenvalue weighted by Gasteiger charge is 2.25. The Hall–Kier alpha value is -2.24. The normalized spacial score (nSPS) is 16.9. The fraction of sp³-hybridized carbons (Fsp3) is 0.381. The van der Waals surface area contributed by atoms with Gasteiger partial charge in [-0.05, 0) is 30.5 Å². The Morgan fingerprint density at radius 1 is 1.19 bits per heavy atom. The SMILES string of the molecule is COc1cc(OC)c(NC(=O)C[C@@H]2CCN(Cc3ccccc3)C2)cc1Cl. The van der Waals surface area contributed by atoms with Gasteiger partial charge < -0.3 is 14.8 Å². The van der Waals surface area contributed by atoms with Gasteiger partial charge in [0.2, 0.25) is 5.91 Å². The molecule has 2 aromatic carbocycles. The molecule has 3 rings (SSSR count). The quantitative estimate of drug-likeness (QED) is 0.772. The monoisotopic (exact) mass is 388 g/mol. The molecule has 0 spiro atoms. The van der Waals surface area contributed by atoms with Crippen LogP contribution >= 0.6 is 11.6 Å². The predicted octanol–water partition coefficient (Wildman–Crippen LogP) is 4.21. The van der Waals surface area contributed by atoms with Gasteiger partial charge in [-0.25, -0.2) is 0 Å². The number of hydrogen-bond donors (Lipinski definition) is 1. The van der Waals surface area contributed by atoms with Gasteiger partial charge in [-0.15, -0.1) is 0 Å². The van der Waals surface area contributed by atoms with Crippen molar-refractivity contribution in [1.29, 1.82) is 0 Å². The van der Waals surface area contributed by atoms with Gasteiger partial charge in [0.15, 0.2) is 0 Å². The Morgan fingerprint density at radius 2 is 1.93 bits per heavy atom. The molecule has 1 aliphatic rings. The first-order chi connectivity index (χ1) is 13.1. The van der Waals surface area contributed by atoms with E-state index in [1.807, 2.05) is 6.07 Å². The number of carbonyl (C=O) groups is 1. The summed E-state index contributed by atoms with van der Waals surface area (Å²) in [7, 11) is 3.09. The van der Waals surface area contributed by atoms with Crippen molar-refractivity contribution in [3.05, 3.63) is 53.1 Å². The first kappa shape index (κ1) is 19.5. The van der Waals surface area contributed by atoms with Crippen LogP contribution in [0.3, 0.4) is 0 Å². The van der Waals surface area contributed by atoms with Gasteiger partial charge in [0.1, 0.15) is 11.5 Å². The van der Waals surface area contributed by atoms with Crippen molar-refractivity contribution < 1.29 is 14.3 Å². The number of methoxy groups -OCH3 is 2. The summed E-state index contributed by atoms with van der Waals surface area (Å²) in [5.41, 5.74) is 1.87. The number of likely N-dealkylation sites (tertiary alicyclic amines) is 1. The van der Waals surface area contributed by atoms with Crippen LogP contribution in [-0.2, 0) is 11.3 Å². The summed E-state index contributed by atoms with van der Waals surface area (Å²) < 4.78 is 10.5. The maximum atomic E-state index is 12.5. The van der Waals surface area contributed by atoms with E-state index >= 15 is 0 Å². The van der Waals surface area contributed by atoms with Crippen LogP contribution in [0.2, 0.25) is 5.02 Å². The number of anilines is 1. The second-order valence-electron chi connectivity index (χ2n) is 6.81. The lowest BCUT2D eigenvalue weighted by molar-refractivity contribution is -0.117. The minimum absolute atomic E-state index is 0.0268. The smallest absolute Gasteiger partial charge is 0.224 e. The Labute approximate surface area is 165 Å². The molecule has 1 amide bonds. The van der Waals surface area contributed by atoms with Gasteiger partial charge in [0, 0.05) is 25.6 Å². The maximum absolute atomic E-state index is 12.5. The van der Waals surface area contributed by atoms with Crippen molar-refractivity contribution in [1.82, 2.24) is 4.90 Å². The van der Waals surface area contributed by atoms with Crippen molar-refractivity contribution in [3.63, 3.8) is 0 Å². The molecule has 1 atom stereocenters. The molecule has 27 heavy (non-hydrogen) atoms. The zero-order chi connectivity index (χ0) is 19.2. The summed E-state index contributed by atoms with van der Waals surface area (Å²) in [5, 5.41) is 3.36. The number of rotatable bonds is 7. The third-order valence-electron chi connectivity index (χ3n) is 4.84. The molecule has 1 aliphatic heterocycles. The Bertz CT molecular complexity index is 782. The summed E-state index contributed by atoms with van der Waals surface area (Å²) >= 11 is 6.17. The van der Waals surface area contributed by atoms with Crippen LogP contribution in [0.1, 0.15) is 18.4 Å². The maximum Gasteiger partial charge on any atom is 0.224 e. The van der Waals surface area contributed by atoms with E-state index in [1.54, 1.807) is 26.4 Å². The minimum Gasteiger partial charge on any atom is -0.495 e.